The number of carbonyl (C=O) groups excluding carboxylic acids is 1. The molecule has 0 radical (unpaired) electrons. The van der Waals surface area contributed by atoms with E-state index in [2.05, 4.69) is 20.5 Å². The molecule has 4 N–H and O–H groups in total. The summed E-state index contributed by atoms with van der Waals surface area (Å²) in [6.07, 6.45) is 0.734. The molecule has 0 saturated carbocycles. The zero-order valence-corrected chi connectivity index (χ0v) is 19.3. The number of aromatic amines is 1. The second-order valence-electron chi connectivity index (χ2n) is 8.05. The highest BCUT2D eigenvalue weighted by Crippen LogP contribution is 2.29. The van der Waals surface area contributed by atoms with Gasteiger partial charge in [-0.15, -0.1) is 0 Å². The number of pyridine rings is 1. The van der Waals surface area contributed by atoms with E-state index in [4.69, 9.17) is 4.74 Å². The normalized spacial score (nSPS) is 12.8. The highest BCUT2D eigenvalue weighted by Gasteiger charge is 2.27. The van der Waals surface area contributed by atoms with Crippen molar-refractivity contribution in [2.45, 2.75) is 18.6 Å². The molecule has 0 aliphatic rings. The van der Waals surface area contributed by atoms with E-state index >= 15 is 0 Å². The van der Waals surface area contributed by atoms with Crippen LogP contribution in [-0.2, 0) is 11.2 Å². The van der Waals surface area contributed by atoms with Gasteiger partial charge in [0.05, 0.1) is 40.9 Å². The lowest BCUT2D eigenvalue weighted by Crippen LogP contribution is -2.47. The second-order valence-corrected chi connectivity index (χ2v) is 8.05. The smallest absolute Gasteiger partial charge is 0.252 e. The van der Waals surface area contributed by atoms with Gasteiger partial charge >= 0.3 is 0 Å². The summed E-state index contributed by atoms with van der Waals surface area (Å²) in [4.78, 5) is 17.5. The lowest BCUT2D eigenvalue weighted by Gasteiger charge is -2.26. The van der Waals surface area contributed by atoms with Crippen LogP contribution in [0.25, 0.3) is 22.5 Å². The van der Waals surface area contributed by atoms with Crippen molar-refractivity contribution in [3.8, 4) is 28.3 Å². The zero-order valence-electron chi connectivity index (χ0n) is 19.3. The molecule has 10 heteroatoms. The van der Waals surface area contributed by atoms with Crippen molar-refractivity contribution in [1.82, 2.24) is 20.5 Å². The highest BCUT2D eigenvalue weighted by atomic mass is 19.1. The predicted octanol–water partition coefficient (Wildman–Crippen LogP) is 3.47. The number of amides is 1. The van der Waals surface area contributed by atoms with Crippen LogP contribution in [-0.4, -0.2) is 57.2 Å². The van der Waals surface area contributed by atoms with Gasteiger partial charge in [-0.2, -0.15) is 5.10 Å². The third kappa shape index (κ3) is 5.40. The Morgan fingerprint density at radius 2 is 1.92 bits per heavy atom. The van der Waals surface area contributed by atoms with Gasteiger partial charge in [-0.3, -0.25) is 14.9 Å². The molecule has 4 rings (SSSR count). The van der Waals surface area contributed by atoms with E-state index in [-0.39, 0.29) is 29.0 Å². The van der Waals surface area contributed by atoms with Crippen LogP contribution in [0.15, 0.2) is 66.9 Å². The van der Waals surface area contributed by atoms with E-state index < -0.39 is 36.3 Å². The maximum Gasteiger partial charge on any atom is 0.252 e. The van der Waals surface area contributed by atoms with Crippen LogP contribution >= 0.6 is 0 Å². The van der Waals surface area contributed by atoms with Crippen LogP contribution in [0, 0.1) is 11.6 Å². The third-order valence-electron chi connectivity index (χ3n) is 5.77. The number of methoxy groups -OCH3 is 1. The van der Waals surface area contributed by atoms with Gasteiger partial charge in [0.25, 0.3) is 5.91 Å². The number of rotatable bonds is 9. The minimum Gasteiger partial charge on any atom is -0.506 e. The van der Waals surface area contributed by atoms with Crippen molar-refractivity contribution >= 4 is 5.91 Å². The van der Waals surface area contributed by atoms with Crippen molar-refractivity contribution in [2.75, 3.05) is 13.7 Å². The lowest BCUT2D eigenvalue weighted by molar-refractivity contribution is 0.0212. The molecule has 0 bridgehead atoms. The van der Waals surface area contributed by atoms with Crippen LogP contribution in [0.3, 0.4) is 0 Å². The predicted molar refractivity (Wildman–Crippen MR) is 128 cm³/mol. The Morgan fingerprint density at radius 1 is 1.14 bits per heavy atom. The Labute approximate surface area is 205 Å². The largest absolute Gasteiger partial charge is 0.506 e. The first-order valence-corrected chi connectivity index (χ1v) is 11.1. The zero-order chi connectivity index (χ0) is 25.7. The number of aliphatic hydroxyl groups excluding tert-OH is 1. The Bertz CT molecular complexity index is 1340. The third-order valence-corrected chi connectivity index (χ3v) is 5.77. The van der Waals surface area contributed by atoms with Crippen LogP contribution < -0.4 is 5.32 Å². The van der Waals surface area contributed by atoms with Gasteiger partial charge in [-0.25, -0.2) is 8.78 Å². The molecule has 8 nitrogen and oxygen atoms in total. The Kier molecular flexibility index (Phi) is 7.67. The first-order chi connectivity index (χ1) is 17.4. The Hall–Kier alpha value is -4.15. The summed E-state index contributed by atoms with van der Waals surface area (Å²) in [6.45, 7) is -0.411. The van der Waals surface area contributed by atoms with Crippen LogP contribution in [0.2, 0.25) is 0 Å². The summed E-state index contributed by atoms with van der Waals surface area (Å²) in [5.74, 6) is -1.76. The van der Waals surface area contributed by atoms with E-state index in [9.17, 15) is 23.8 Å². The van der Waals surface area contributed by atoms with Gasteiger partial charge in [0.15, 0.2) is 0 Å². The number of nitrogens with one attached hydrogen (secondary N) is 2. The SMILES string of the molecule is CO[C@@H](CO)[C@H](Cc1ncccc1O)NC(=O)c1cccc(F)c1-c1cc(-c2ccc(F)cc2)[nH]n1. The standard InChI is InChI=1S/C26H24F2N4O4/c1-36-24(14-33)21(13-20-23(34)6-3-11-29-20)30-26(35)17-4-2-5-18(28)25(17)22-12-19(31-32-22)15-7-9-16(27)10-8-15/h2-12,21,24,33-34H,13-14H2,1H3,(H,30,35)(H,31,32)/t21-,24-/m0/s1. The van der Waals surface area contributed by atoms with Crippen molar-refractivity contribution in [3.63, 3.8) is 0 Å². The van der Waals surface area contributed by atoms with Crippen LogP contribution in [0.1, 0.15) is 16.1 Å². The maximum absolute atomic E-state index is 15.0. The number of carbonyl (C=O) groups is 1. The van der Waals surface area contributed by atoms with Gasteiger partial charge < -0.3 is 20.3 Å². The first kappa shape index (κ1) is 25.0. The summed E-state index contributed by atoms with van der Waals surface area (Å²) in [7, 11) is 1.38. The lowest BCUT2D eigenvalue weighted by atomic mass is 10.00. The van der Waals surface area contributed by atoms with E-state index in [1.165, 1.54) is 49.7 Å². The summed E-state index contributed by atoms with van der Waals surface area (Å²) in [5.41, 5.74) is 1.62. The highest BCUT2D eigenvalue weighted by molar-refractivity contribution is 6.01. The Balaban J connectivity index is 1.65. The van der Waals surface area contributed by atoms with Crippen molar-refractivity contribution < 1.29 is 28.5 Å². The summed E-state index contributed by atoms with van der Waals surface area (Å²) < 4.78 is 33.6. The molecular formula is C26H24F2N4O4. The van der Waals surface area contributed by atoms with Crippen molar-refractivity contribution in [1.29, 1.82) is 0 Å². The van der Waals surface area contributed by atoms with Gasteiger partial charge in [0, 0.05) is 19.7 Å². The quantitative estimate of drug-likeness (QED) is 0.283. The molecule has 36 heavy (non-hydrogen) atoms. The molecule has 2 aromatic heterocycles. The summed E-state index contributed by atoms with van der Waals surface area (Å²) in [5, 5.41) is 29.6. The second kappa shape index (κ2) is 11.1. The number of aliphatic hydroxyl groups is 1. The number of hydrogen-bond acceptors (Lipinski definition) is 6. The molecule has 2 atom stereocenters. The van der Waals surface area contributed by atoms with Crippen LogP contribution in [0.5, 0.6) is 5.75 Å². The van der Waals surface area contributed by atoms with Gasteiger partial charge in [0.1, 0.15) is 23.5 Å². The maximum atomic E-state index is 15.0. The number of benzene rings is 2. The summed E-state index contributed by atoms with van der Waals surface area (Å²) in [6, 6.07) is 13.6. The molecule has 0 aliphatic carbocycles. The molecule has 2 heterocycles. The van der Waals surface area contributed by atoms with E-state index in [1.807, 2.05) is 0 Å². The molecule has 4 aromatic rings. The van der Waals surface area contributed by atoms with E-state index in [0.717, 1.165) is 0 Å². The topological polar surface area (TPSA) is 120 Å². The average Bonchev–Trinajstić information content (AvgIpc) is 3.36. The van der Waals surface area contributed by atoms with Crippen molar-refractivity contribution in [2.24, 2.45) is 0 Å². The minimum absolute atomic E-state index is 0.00944. The summed E-state index contributed by atoms with van der Waals surface area (Å²) >= 11 is 0. The molecule has 186 valence electrons. The molecule has 0 unspecified atom stereocenters. The number of ether oxygens (including phenoxy) is 1. The number of aromatic hydroxyl groups is 1. The van der Waals surface area contributed by atoms with Gasteiger partial charge in [-0.05, 0) is 60.2 Å². The fourth-order valence-electron chi connectivity index (χ4n) is 3.88. The minimum atomic E-state index is -0.817. The number of H-pyrrole nitrogens is 1. The number of hydrogen-bond donors (Lipinski definition) is 4. The van der Waals surface area contributed by atoms with Crippen molar-refractivity contribution in [3.05, 3.63) is 89.8 Å². The van der Waals surface area contributed by atoms with E-state index in [0.29, 0.717) is 17.0 Å². The average molecular weight is 494 g/mol. The number of halogens is 2. The number of aromatic nitrogens is 3. The molecule has 0 saturated heterocycles. The Morgan fingerprint density at radius 3 is 2.61 bits per heavy atom. The van der Waals surface area contributed by atoms with E-state index in [1.54, 1.807) is 24.3 Å². The molecule has 0 fully saturated rings. The molecular weight excluding hydrogens is 470 g/mol. The molecule has 0 aliphatic heterocycles. The number of nitrogens with zero attached hydrogens (tertiary/aromatic N) is 2. The molecule has 0 spiro atoms. The monoisotopic (exact) mass is 494 g/mol. The fraction of sp³-hybridized carbons (Fsp3) is 0.192. The molecule has 1 amide bonds. The molecule has 2 aromatic carbocycles. The van der Waals surface area contributed by atoms with Gasteiger partial charge in [-0.1, -0.05) is 6.07 Å². The van der Waals surface area contributed by atoms with Crippen LogP contribution in [0.4, 0.5) is 8.78 Å². The van der Waals surface area contributed by atoms with Gasteiger partial charge in [0.2, 0.25) is 0 Å². The first-order valence-electron chi connectivity index (χ1n) is 11.1. The fourth-order valence-corrected chi connectivity index (χ4v) is 3.88.